The smallest absolute Gasteiger partial charge is 0.335 e. The van der Waals surface area contributed by atoms with E-state index in [0.29, 0.717) is 22.0 Å². The number of amides is 1. The van der Waals surface area contributed by atoms with Gasteiger partial charge in [-0.1, -0.05) is 17.7 Å². The predicted molar refractivity (Wildman–Crippen MR) is 108 cm³/mol. The summed E-state index contributed by atoms with van der Waals surface area (Å²) in [5.41, 5.74) is 1.07. The minimum atomic E-state index is -1.01. The molecule has 2 aliphatic rings. The lowest BCUT2D eigenvalue weighted by molar-refractivity contribution is 0.0358. The topological polar surface area (TPSA) is 71.2 Å². The lowest BCUT2D eigenvalue weighted by atomic mass is 9.98. The summed E-state index contributed by atoms with van der Waals surface area (Å²) in [6.45, 7) is 7.07. The number of carboxylic acid groups (broad SMARTS) is 1. The Bertz CT molecular complexity index is 985. The maximum atomic E-state index is 13.0. The van der Waals surface area contributed by atoms with Crippen molar-refractivity contribution >= 4 is 29.2 Å². The average molecular weight is 411 g/mol. The first-order valence-corrected chi connectivity index (χ1v) is 9.83. The number of rotatable bonds is 4. The zero-order valence-electron chi connectivity index (χ0n) is 15.5. The molecule has 2 bridgehead atoms. The van der Waals surface area contributed by atoms with Crippen molar-refractivity contribution in [2.24, 2.45) is 0 Å². The van der Waals surface area contributed by atoms with E-state index in [0.717, 1.165) is 25.7 Å². The molecule has 2 saturated heterocycles. The van der Waals surface area contributed by atoms with Crippen LogP contribution in [0.1, 0.15) is 46.4 Å². The highest BCUT2D eigenvalue weighted by Gasteiger charge is 2.44. The van der Waals surface area contributed by atoms with Crippen molar-refractivity contribution in [2.45, 2.75) is 43.9 Å². The van der Waals surface area contributed by atoms with Gasteiger partial charge in [-0.05, 0) is 49.2 Å². The van der Waals surface area contributed by atoms with Crippen LogP contribution in [0.4, 0.5) is 5.69 Å². The van der Waals surface area contributed by atoms with Gasteiger partial charge in [-0.3, -0.25) is 4.79 Å². The molecule has 2 aromatic rings. The molecule has 0 aliphatic carbocycles. The second-order valence-corrected chi connectivity index (χ2v) is 7.82. The number of halogens is 1. The molecule has 4 rings (SSSR count). The fourth-order valence-electron chi connectivity index (χ4n) is 4.30. The Hall–Kier alpha value is -3.04. The molecule has 7 heteroatoms. The van der Waals surface area contributed by atoms with Crippen LogP contribution in [0.15, 0.2) is 42.5 Å². The molecule has 148 valence electrons. The SMILES string of the molecule is [C-]#[N+]c1ccc(OC2CC3CCC(C2)N3C(=O)c2ccc(C(=O)O)cc2)cc1Cl. The highest BCUT2D eigenvalue weighted by atomic mass is 35.5. The summed E-state index contributed by atoms with van der Waals surface area (Å²) in [7, 11) is 0. The van der Waals surface area contributed by atoms with Crippen molar-refractivity contribution < 1.29 is 19.4 Å². The van der Waals surface area contributed by atoms with Crippen LogP contribution in [0.5, 0.6) is 5.75 Å². The van der Waals surface area contributed by atoms with E-state index in [1.165, 1.54) is 12.1 Å². The molecule has 6 nitrogen and oxygen atoms in total. The van der Waals surface area contributed by atoms with Gasteiger partial charge in [0.1, 0.15) is 11.9 Å². The molecule has 0 radical (unpaired) electrons. The third-order valence-corrected chi connectivity index (χ3v) is 5.95. The van der Waals surface area contributed by atoms with E-state index < -0.39 is 5.97 Å². The van der Waals surface area contributed by atoms with E-state index in [4.69, 9.17) is 28.0 Å². The van der Waals surface area contributed by atoms with Gasteiger partial charge in [0.25, 0.3) is 5.91 Å². The Labute approximate surface area is 173 Å². The van der Waals surface area contributed by atoms with E-state index in [1.54, 1.807) is 30.3 Å². The monoisotopic (exact) mass is 410 g/mol. The Balaban J connectivity index is 1.45. The number of hydrogen-bond acceptors (Lipinski definition) is 3. The summed E-state index contributed by atoms with van der Waals surface area (Å²) in [5, 5.41) is 9.39. The third-order valence-electron chi connectivity index (χ3n) is 5.65. The van der Waals surface area contributed by atoms with Gasteiger partial charge < -0.3 is 14.7 Å². The van der Waals surface area contributed by atoms with Crippen LogP contribution in [0.2, 0.25) is 5.02 Å². The van der Waals surface area contributed by atoms with Crippen LogP contribution in [0.3, 0.4) is 0 Å². The molecular formula is C22H19ClN2O4. The van der Waals surface area contributed by atoms with Crippen LogP contribution < -0.4 is 4.74 Å². The maximum absolute atomic E-state index is 13.0. The lowest BCUT2D eigenvalue weighted by Crippen LogP contribution is -2.49. The van der Waals surface area contributed by atoms with E-state index in [2.05, 4.69) is 4.85 Å². The number of benzene rings is 2. The summed E-state index contributed by atoms with van der Waals surface area (Å²) in [6, 6.07) is 11.4. The van der Waals surface area contributed by atoms with Crippen LogP contribution in [0, 0.1) is 6.57 Å². The summed E-state index contributed by atoms with van der Waals surface area (Å²) >= 11 is 6.10. The van der Waals surface area contributed by atoms with Gasteiger partial charge in [-0.15, -0.1) is 0 Å². The number of carboxylic acids is 1. The highest BCUT2D eigenvalue weighted by molar-refractivity contribution is 6.33. The average Bonchev–Trinajstić information content (AvgIpc) is 2.98. The van der Waals surface area contributed by atoms with Crippen LogP contribution in [0.25, 0.3) is 4.85 Å². The van der Waals surface area contributed by atoms with Crippen molar-refractivity contribution in [3.8, 4) is 5.75 Å². The zero-order chi connectivity index (χ0) is 20.5. The van der Waals surface area contributed by atoms with Crippen molar-refractivity contribution in [1.82, 2.24) is 4.90 Å². The number of carbonyl (C=O) groups is 2. The quantitative estimate of drug-likeness (QED) is 0.734. The molecule has 29 heavy (non-hydrogen) atoms. The highest BCUT2D eigenvalue weighted by Crippen LogP contribution is 2.39. The van der Waals surface area contributed by atoms with Crippen molar-refractivity contribution in [2.75, 3.05) is 0 Å². The molecule has 1 N–H and O–H groups in total. The van der Waals surface area contributed by atoms with E-state index in [-0.39, 0.29) is 29.7 Å². The van der Waals surface area contributed by atoms with Crippen molar-refractivity contribution in [1.29, 1.82) is 0 Å². The Morgan fingerprint density at radius 2 is 1.69 bits per heavy atom. The lowest BCUT2D eigenvalue weighted by Gasteiger charge is -2.39. The third kappa shape index (κ3) is 3.79. The minimum Gasteiger partial charge on any atom is -0.490 e. The molecule has 2 unspecified atom stereocenters. The molecule has 0 spiro atoms. The van der Waals surface area contributed by atoms with Crippen molar-refractivity contribution in [3.05, 3.63) is 70.0 Å². The van der Waals surface area contributed by atoms with Crippen LogP contribution >= 0.6 is 11.6 Å². The molecule has 0 saturated carbocycles. The number of piperidine rings is 1. The second-order valence-electron chi connectivity index (χ2n) is 7.42. The van der Waals surface area contributed by atoms with Gasteiger partial charge in [0.15, 0.2) is 0 Å². The van der Waals surface area contributed by atoms with Crippen LogP contribution in [-0.2, 0) is 0 Å². The maximum Gasteiger partial charge on any atom is 0.335 e. The van der Waals surface area contributed by atoms with Crippen molar-refractivity contribution in [3.63, 3.8) is 0 Å². The molecule has 2 heterocycles. The number of hydrogen-bond donors (Lipinski definition) is 1. The van der Waals surface area contributed by atoms with Gasteiger partial charge in [-0.25, -0.2) is 9.64 Å². The van der Waals surface area contributed by atoms with Gasteiger partial charge in [0.2, 0.25) is 5.69 Å². The summed E-state index contributed by atoms with van der Waals surface area (Å²) in [6.07, 6.45) is 3.32. The Morgan fingerprint density at radius 3 is 2.24 bits per heavy atom. The number of nitrogens with zero attached hydrogens (tertiary/aromatic N) is 2. The fraction of sp³-hybridized carbons (Fsp3) is 0.318. The fourth-order valence-corrected chi connectivity index (χ4v) is 4.52. The minimum absolute atomic E-state index is 0.0132. The number of fused-ring (bicyclic) bond motifs is 2. The molecule has 0 aromatic heterocycles. The first-order valence-electron chi connectivity index (χ1n) is 9.46. The Morgan fingerprint density at radius 1 is 1.07 bits per heavy atom. The van der Waals surface area contributed by atoms with E-state index in [9.17, 15) is 9.59 Å². The normalized spacial score (nSPS) is 22.8. The molecule has 2 aromatic carbocycles. The van der Waals surface area contributed by atoms with Crippen LogP contribution in [-0.4, -0.2) is 40.1 Å². The summed E-state index contributed by atoms with van der Waals surface area (Å²) < 4.78 is 6.10. The van der Waals surface area contributed by atoms with Gasteiger partial charge in [-0.2, -0.15) is 0 Å². The zero-order valence-corrected chi connectivity index (χ0v) is 16.3. The van der Waals surface area contributed by atoms with Gasteiger partial charge in [0.05, 0.1) is 17.2 Å². The predicted octanol–water partition coefficient (Wildman–Crippen LogP) is 4.80. The second kappa shape index (κ2) is 7.76. The van der Waals surface area contributed by atoms with Gasteiger partial charge >= 0.3 is 5.97 Å². The molecule has 2 atom stereocenters. The molecule has 2 aliphatic heterocycles. The summed E-state index contributed by atoms with van der Waals surface area (Å²) in [4.78, 5) is 29.3. The first kappa shape index (κ1) is 19.3. The molecular weight excluding hydrogens is 392 g/mol. The van der Waals surface area contributed by atoms with Gasteiger partial charge in [0, 0.05) is 30.5 Å². The number of carbonyl (C=O) groups excluding carboxylic acids is 1. The largest absolute Gasteiger partial charge is 0.490 e. The molecule has 1 amide bonds. The van der Waals surface area contributed by atoms with E-state index in [1.807, 2.05) is 4.90 Å². The first-order chi connectivity index (χ1) is 14.0. The van der Waals surface area contributed by atoms with E-state index >= 15 is 0 Å². The summed E-state index contributed by atoms with van der Waals surface area (Å²) in [5.74, 6) is -0.431. The Kier molecular flexibility index (Phi) is 5.16. The molecule has 2 fully saturated rings. The standard InChI is InChI=1S/C22H19ClN2O4/c1-24-20-9-8-17(12-19(20)23)29-18-10-15-6-7-16(11-18)25(15)21(26)13-2-4-14(5-3-13)22(27)28/h2-5,8-9,12,15-16,18H,6-7,10-11H2,(H,27,28). The number of ether oxygens (including phenoxy) is 1. The number of aromatic carboxylic acids is 1.